The Hall–Kier alpha value is -1.91. The summed E-state index contributed by atoms with van der Waals surface area (Å²) < 4.78 is 11.0. The van der Waals surface area contributed by atoms with E-state index in [0.29, 0.717) is 25.1 Å². The first kappa shape index (κ1) is 16.9. The first-order valence-electron chi connectivity index (χ1n) is 8.93. The van der Waals surface area contributed by atoms with Crippen molar-refractivity contribution in [2.45, 2.75) is 52.0 Å². The number of aryl methyl sites for hydroxylation is 1. The average Bonchev–Trinajstić information content (AvgIpc) is 2.92. The molecule has 1 aromatic carbocycles. The van der Waals surface area contributed by atoms with Gasteiger partial charge in [-0.1, -0.05) is 13.3 Å². The van der Waals surface area contributed by atoms with Gasteiger partial charge in [0.15, 0.2) is 0 Å². The van der Waals surface area contributed by atoms with Crippen molar-refractivity contribution in [3.63, 3.8) is 0 Å². The predicted octanol–water partition coefficient (Wildman–Crippen LogP) is 3.83. The van der Waals surface area contributed by atoms with Crippen LogP contribution in [0.15, 0.2) is 6.07 Å². The molecule has 1 fully saturated rings. The molecule has 1 amide bonds. The quantitative estimate of drug-likeness (QED) is 0.851. The Morgan fingerprint density at radius 2 is 2.21 bits per heavy atom. The lowest BCUT2D eigenvalue weighted by Gasteiger charge is -2.34. The van der Waals surface area contributed by atoms with Gasteiger partial charge in [-0.3, -0.25) is 0 Å². The highest BCUT2D eigenvalue weighted by Gasteiger charge is 2.40. The van der Waals surface area contributed by atoms with Crippen molar-refractivity contribution in [3.8, 4) is 5.75 Å². The molecule has 1 N–H and O–H groups in total. The number of nitrogens with zero attached hydrogens (tertiary/aromatic N) is 1. The van der Waals surface area contributed by atoms with E-state index in [1.165, 1.54) is 16.8 Å². The van der Waals surface area contributed by atoms with Crippen LogP contribution >= 0.6 is 0 Å². The molecule has 2 heterocycles. The SMILES string of the molecule is CCCCOC(=O)N1CC[C@@H]2Nc3cc(C)c(OC)c(C)c3[C@@H]2C1. The fraction of sp³-hybridized carbons (Fsp3) is 0.632. The van der Waals surface area contributed by atoms with Crippen molar-refractivity contribution in [1.29, 1.82) is 0 Å². The number of anilines is 1. The zero-order valence-electron chi connectivity index (χ0n) is 15.1. The number of methoxy groups -OCH3 is 1. The number of likely N-dealkylation sites (tertiary alicyclic amines) is 1. The minimum Gasteiger partial charge on any atom is -0.496 e. The largest absolute Gasteiger partial charge is 0.496 e. The first-order valence-corrected chi connectivity index (χ1v) is 8.93. The van der Waals surface area contributed by atoms with Crippen LogP contribution in [0, 0.1) is 13.8 Å². The number of fused-ring (bicyclic) bond motifs is 3. The molecule has 0 aliphatic carbocycles. The van der Waals surface area contributed by atoms with E-state index in [4.69, 9.17) is 9.47 Å². The van der Waals surface area contributed by atoms with Crippen LogP contribution in [0.1, 0.15) is 48.8 Å². The third kappa shape index (κ3) is 2.92. The number of carbonyl (C=O) groups is 1. The summed E-state index contributed by atoms with van der Waals surface area (Å²) in [6.45, 7) is 8.27. The zero-order chi connectivity index (χ0) is 17.3. The van der Waals surface area contributed by atoms with Gasteiger partial charge in [0.05, 0.1) is 13.7 Å². The van der Waals surface area contributed by atoms with Crippen LogP contribution in [0.5, 0.6) is 5.75 Å². The molecule has 0 saturated carbocycles. The van der Waals surface area contributed by atoms with Gasteiger partial charge in [0.1, 0.15) is 5.75 Å². The lowest BCUT2D eigenvalue weighted by Crippen LogP contribution is -2.45. The van der Waals surface area contributed by atoms with Gasteiger partial charge in [0, 0.05) is 30.7 Å². The summed E-state index contributed by atoms with van der Waals surface area (Å²) in [5.41, 5.74) is 4.83. The van der Waals surface area contributed by atoms with E-state index in [9.17, 15) is 4.79 Å². The molecule has 0 aromatic heterocycles. The molecule has 5 nitrogen and oxygen atoms in total. The summed E-state index contributed by atoms with van der Waals surface area (Å²) in [5, 5.41) is 3.65. The molecule has 0 unspecified atom stereocenters. The second kappa shape index (κ2) is 6.91. The van der Waals surface area contributed by atoms with Gasteiger partial charge >= 0.3 is 6.09 Å². The number of piperidine rings is 1. The Labute approximate surface area is 144 Å². The maximum Gasteiger partial charge on any atom is 0.409 e. The van der Waals surface area contributed by atoms with Crippen molar-refractivity contribution in [2.24, 2.45) is 0 Å². The minimum atomic E-state index is -0.174. The van der Waals surface area contributed by atoms with E-state index >= 15 is 0 Å². The Morgan fingerprint density at radius 3 is 2.92 bits per heavy atom. The highest BCUT2D eigenvalue weighted by atomic mass is 16.6. The normalized spacial score (nSPS) is 21.8. The van der Waals surface area contributed by atoms with E-state index in [2.05, 4.69) is 32.2 Å². The van der Waals surface area contributed by atoms with Crippen molar-refractivity contribution in [3.05, 3.63) is 22.8 Å². The molecule has 0 spiro atoms. The molecule has 1 aromatic rings. The lowest BCUT2D eigenvalue weighted by atomic mass is 9.86. The molecule has 132 valence electrons. The van der Waals surface area contributed by atoms with Crippen molar-refractivity contribution < 1.29 is 14.3 Å². The molecule has 2 aliphatic heterocycles. The van der Waals surface area contributed by atoms with Gasteiger partial charge in [-0.2, -0.15) is 0 Å². The number of hydrogen-bond donors (Lipinski definition) is 1. The Kier molecular flexibility index (Phi) is 4.88. The van der Waals surface area contributed by atoms with Crippen LogP contribution in [-0.4, -0.2) is 43.8 Å². The number of hydrogen-bond acceptors (Lipinski definition) is 4. The van der Waals surface area contributed by atoms with E-state index in [-0.39, 0.29) is 6.09 Å². The molecule has 0 radical (unpaired) electrons. The number of carbonyl (C=O) groups excluding carboxylic acids is 1. The third-order valence-corrected chi connectivity index (χ3v) is 5.26. The number of benzene rings is 1. The first-order chi connectivity index (χ1) is 11.6. The smallest absolute Gasteiger partial charge is 0.409 e. The molecule has 2 aliphatic rings. The van der Waals surface area contributed by atoms with E-state index in [0.717, 1.165) is 37.1 Å². The number of rotatable bonds is 4. The lowest BCUT2D eigenvalue weighted by molar-refractivity contribution is 0.0895. The Morgan fingerprint density at radius 1 is 1.42 bits per heavy atom. The minimum absolute atomic E-state index is 0.174. The molecular formula is C19H28N2O3. The van der Waals surface area contributed by atoms with Gasteiger partial charge in [0.25, 0.3) is 0 Å². The van der Waals surface area contributed by atoms with Gasteiger partial charge in [0.2, 0.25) is 0 Å². The topological polar surface area (TPSA) is 50.8 Å². The number of unbranched alkanes of at least 4 members (excludes halogenated alkanes) is 1. The highest BCUT2D eigenvalue weighted by Crippen LogP contribution is 2.45. The van der Waals surface area contributed by atoms with Gasteiger partial charge < -0.3 is 19.7 Å². The third-order valence-electron chi connectivity index (χ3n) is 5.26. The molecule has 3 rings (SSSR count). The molecule has 24 heavy (non-hydrogen) atoms. The molecule has 1 saturated heterocycles. The van der Waals surface area contributed by atoms with Gasteiger partial charge in [-0.15, -0.1) is 0 Å². The summed E-state index contributed by atoms with van der Waals surface area (Å²) in [6.07, 6.45) is 2.73. The van der Waals surface area contributed by atoms with E-state index < -0.39 is 0 Å². The van der Waals surface area contributed by atoms with Crippen LogP contribution in [0.2, 0.25) is 0 Å². The monoisotopic (exact) mass is 332 g/mol. The Balaban J connectivity index is 1.79. The summed E-state index contributed by atoms with van der Waals surface area (Å²) in [5.74, 6) is 1.26. The van der Waals surface area contributed by atoms with Crippen LogP contribution in [0.4, 0.5) is 10.5 Å². The second-order valence-electron chi connectivity index (χ2n) is 6.87. The highest BCUT2D eigenvalue weighted by molar-refractivity contribution is 5.71. The summed E-state index contributed by atoms with van der Waals surface area (Å²) in [4.78, 5) is 14.2. The van der Waals surface area contributed by atoms with Gasteiger partial charge in [-0.25, -0.2) is 4.79 Å². The number of amides is 1. The summed E-state index contributed by atoms with van der Waals surface area (Å²) in [6, 6.07) is 2.56. The number of ether oxygens (including phenoxy) is 2. The average molecular weight is 332 g/mol. The zero-order valence-corrected chi connectivity index (χ0v) is 15.1. The molecular weight excluding hydrogens is 304 g/mol. The van der Waals surface area contributed by atoms with Gasteiger partial charge in [-0.05, 0) is 49.4 Å². The van der Waals surface area contributed by atoms with E-state index in [1.54, 1.807) is 7.11 Å². The maximum absolute atomic E-state index is 12.3. The predicted molar refractivity (Wildman–Crippen MR) is 95.1 cm³/mol. The summed E-state index contributed by atoms with van der Waals surface area (Å²) in [7, 11) is 1.72. The van der Waals surface area contributed by atoms with Crippen molar-refractivity contribution in [1.82, 2.24) is 4.90 Å². The molecule has 0 bridgehead atoms. The van der Waals surface area contributed by atoms with Crippen LogP contribution in [-0.2, 0) is 4.74 Å². The molecule has 5 heteroatoms. The number of nitrogens with one attached hydrogen (secondary N) is 1. The van der Waals surface area contributed by atoms with Crippen molar-refractivity contribution in [2.75, 3.05) is 32.1 Å². The summed E-state index contributed by atoms with van der Waals surface area (Å²) >= 11 is 0. The maximum atomic E-state index is 12.3. The Bertz CT molecular complexity index is 630. The standard InChI is InChI=1S/C19H28N2O3/c1-5-6-9-24-19(22)21-8-7-15-14(11-21)17-13(3)18(23-4)12(2)10-16(17)20-15/h10,14-15,20H,5-9,11H2,1-4H3/t14-,15+/m1/s1. The second-order valence-corrected chi connectivity index (χ2v) is 6.87. The van der Waals surface area contributed by atoms with Crippen LogP contribution in [0.3, 0.4) is 0 Å². The fourth-order valence-corrected chi connectivity index (χ4v) is 4.07. The van der Waals surface area contributed by atoms with Crippen LogP contribution in [0.25, 0.3) is 0 Å². The van der Waals surface area contributed by atoms with Crippen molar-refractivity contribution >= 4 is 11.8 Å². The molecule has 2 atom stereocenters. The fourth-order valence-electron chi connectivity index (χ4n) is 4.07. The van der Waals surface area contributed by atoms with E-state index in [1.807, 2.05) is 4.90 Å². The van der Waals surface area contributed by atoms with Crippen LogP contribution < -0.4 is 10.1 Å².